The van der Waals surface area contributed by atoms with Crippen molar-refractivity contribution in [3.63, 3.8) is 0 Å². The smallest absolute Gasteiger partial charge is 0.0358 e. The van der Waals surface area contributed by atoms with E-state index in [-0.39, 0.29) is 10.8 Å². The second-order valence-corrected chi connectivity index (χ2v) is 9.27. The van der Waals surface area contributed by atoms with Gasteiger partial charge in [0, 0.05) is 20.2 Å². The number of fused-ring (bicyclic) bond motifs is 3. The van der Waals surface area contributed by atoms with E-state index in [9.17, 15) is 0 Å². The zero-order valence-electron chi connectivity index (χ0n) is 15.3. The number of hydrogen-bond acceptors (Lipinski definition) is 1. The molecule has 0 bridgehead atoms. The van der Waals surface area contributed by atoms with Crippen molar-refractivity contribution in [2.24, 2.45) is 5.41 Å². The van der Waals surface area contributed by atoms with Crippen LogP contribution in [0.3, 0.4) is 0 Å². The van der Waals surface area contributed by atoms with E-state index in [2.05, 4.69) is 77.9 Å². The van der Waals surface area contributed by atoms with Crippen LogP contribution in [0.4, 0.5) is 0 Å². The lowest BCUT2D eigenvalue weighted by molar-refractivity contribution is 0.224. The molecule has 0 spiro atoms. The Balaban J connectivity index is 2.40. The Kier molecular flexibility index (Phi) is 4.04. The monoisotopic (exact) mass is 324 g/mol. The molecule has 0 fully saturated rings. The van der Waals surface area contributed by atoms with Crippen LogP contribution in [0.25, 0.3) is 20.2 Å². The van der Waals surface area contributed by atoms with E-state index in [1.807, 2.05) is 11.3 Å². The third-order valence-corrected chi connectivity index (χ3v) is 6.84. The average Bonchev–Trinajstić information content (AvgIpc) is 2.85. The Hall–Kier alpha value is -1.34. The van der Waals surface area contributed by atoms with Crippen molar-refractivity contribution in [3.05, 3.63) is 47.5 Å². The van der Waals surface area contributed by atoms with Crippen molar-refractivity contribution in [1.82, 2.24) is 0 Å². The molecular formula is C22H28S. The first kappa shape index (κ1) is 16.5. The zero-order chi connectivity index (χ0) is 16.8. The van der Waals surface area contributed by atoms with Gasteiger partial charge in [0.1, 0.15) is 0 Å². The minimum Gasteiger partial charge on any atom is -0.135 e. The first-order chi connectivity index (χ1) is 10.8. The summed E-state index contributed by atoms with van der Waals surface area (Å²) in [6.07, 6.45) is 2.35. The van der Waals surface area contributed by atoms with Gasteiger partial charge in [-0.2, -0.15) is 0 Å². The molecule has 0 saturated carbocycles. The highest BCUT2D eigenvalue weighted by Crippen LogP contribution is 2.46. The summed E-state index contributed by atoms with van der Waals surface area (Å²) < 4.78 is 2.84. The number of rotatable bonds is 3. The third kappa shape index (κ3) is 2.59. The van der Waals surface area contributed by atoms with Crippen molar-refractivity contribution < 1.29 is 0 Å². The fourth-order valence-electron chi connectivity index (χ4n) is 3.39. The second-order valence-electron chi connectivity index (χ2n) is 8.19. The van der Waals surface area contributed by atoms with Gasteiger partial charge >= 0.3 is 0 Å². The van der Waals surface area contributed by atoms with Crippen LogP contribution in [0.15, 0.2) is 36.4 Å². The summed E-state index contributed by atoms with van der Waals surface area (Å²) in [6.45, 7) is 14.2. The van der Waals surface area contributed by atoms with Crippen LogP contribution in [0, 0.1) is 5.41 Å². The number of aryl methyl sites for hydroxylation is 1. The molecule has 0 N–H and O–H groups in total. The van der Waals surface area contributed by atoms with Crippen LogP contribution in [0.1, 0.15) is 59.1 Å². The normalized spacial score (nSPS) is 13.1. The number of benzene rings is 2. The molecule has 0 unspecified atom stereocenters. The van der Waals surface area contributed by atoms with Gasteiger partial charge in [-0.25, -0.2) is 0 Å². The topological polar surface area (TPSA) is 0 Å². The van der Waals surface area contributed by atoms with Crippen molar-refractivity contribution in [1.29, 1.82) is 0 Å². The van der Waals surface area contributed by atoms with Crippen LogP contribution in [0.5, 0.6) is 0 Å². The molecule has 122 valence electrons. The highest BCUT2D eigenvalue weighted by molar-refractivity contribution is 7.25. The molecular weight excluding hydrogens is 296 g/mol. The summed E-state index contributed by atoms with van der Waals surface area (Å²) in [6, 6.07) is 13.6. The van der Waals surface area contributed by atoms with Crippen LogP contribution < -0.4 is 0 Å². The van der Waals surface area contributed by atoms with Gasteiger partial charge in [0.2, 0.25) is 0 Å². The summed E-state index contributed by atoms with van der Waals surface area (Å²) in [5, 5.41) is 2.93. The molecule has 1 heteroatoms. The highest BCUT2D eigenvalue weighted by atomic mass is 32.1. The second kappa shape index (κ2) is 5.63. The lowest BCUT2D eigenvalue weighted by atomic mass is 9.64. The maximum atomic E-state index is 2.40. The summed E-state index contributed by atoms with van der Waals surface area (Å²) in [5.41, 5.74) is 3.48. The van der Waals surface area contributed by atoms with Crippen molar-refractivity contribution in [2.75, 3.05) is 0 Å². The minimum atomic E-state index is 0.148. The fourth-order valence-corrected chi connectivity index (χ4v) is 4.52. The Morgan fingerprint density at radius 3 is 2.22 bits per heavy atom. The molecule has 3 rings (SSSR count). The Morgan fingerprint density at radius 2 is 1.57 bits per heavy atom. The van der Waals surface area contributed by atoms with Crippen LogP contribution >= 0.6 is 11.3 Å². The molecule has 23 heavy (non-hydrogen) atoms. The first-order valence-corrected chi connectivity index (χ1v) is 9.52. The third-order valence-electron chi connectivity index (χ3n) is 5.70. The van der Waals surface area contributed by atoms with Gasteiger partial charge in [0.05, 0.1) is 0 Å². The maximum Gasteiger partial charge on any atom is 0.0358 e. The Labute approximate surface area is 144 Å². The van der Waals surface area contributed by atoms with E-state index >= 15 is 0 Å². The summed E-state index contributed by atoms with van der Waals surface area (Å²) in [4.78, 5) is 0. The lowest BCUT2D eigenvalue weighted by Gasteiger charge is -2.41. The SMILES string of the molecule is CCCc1c(C(C)(C)C(C)(C)C)ccc2sc3ccccc3c12. The van der Waals surface area contributed by atoms with E-state index in [1.165, 1.54) is 32.2 Å². The minimum absolute atomic E-state index is 0.148. The summed E-state index contributed by atoms with van der Waals surface area (Å²) in [5.74, 6) is 0. The highest BCUT2D eigenvalue weighted by Gasteiger charge is 2.36. The Morgan fingerprint density at radius 1 is 0.870 bits per heavy atom. The van der Waals surface area contributed by atoms with Gasteiger partial charge in [-0.3, -0.25) is 0 Å². The van der Waals surface area contributed by atoms with Gasteiger partial charge in [-0.15, -0.1) is 11.3 Å². The first-order valence-electron chi connectivity index (χ1n) is 8.71. The molecule has 0 aliphatic heterocycles. The van der Waals surface area contributed by atoms with Crippen LogP contribution in [-0.2, 0) is 11.8 Å². The molecule has 0 amide bonds. The molecule has 0 nitrogen and oxygen atoms in total. The van der Waals surface area contributed by atoms with Crippen LogP contribution in [0.2, 0.25) is 0 Å². The molecule has 0 radical (unpaired) electrons. The molecule has 0 aliphatic carbocycles. The van der Waals surface area contributed by atoms with Crippen molar-refractivity contribution in [2.45, 2.75) is 59.8 Å². The van der Waals surface area contributed by atoms with Crippen molar-refractivity contribution in [3.8, 4) is 0 Å². The zero-order valence-corrected chi connectivity index (χ0v) is 16.1. The standard InChI is InChI=1S/C22H28S/c1-7-10-15-17(22(5,6)21(2,3)4)13-14-19-20(15)16-11-8-9-12-18(16)23-19/h8-9,11-14H,7,10H2,1-6H3. The van der Waals surface area contributed by atoms with Gasteiger partial charge in [0.15, 0.2) is 0 Å². The van der Waals surface area contributed by atoms with E-state index < -0.39 is 0 Å². The fraction of sp³-hybridized carbons (Fsp3) is 0.455. The lowest BCUT2D eigenvalue weighted by Crippen LogP contribution is -2.35. The van der Waals surface area contributed by atoms with Crippen LogP contribution in [-0.4, -0.2) is 0 Å². The quantitative estimate of drug-likeness (QED) is 0.473. The van der Waals surface area contributed by atoms with E-state index in [4.69, 9.17) is 0 Å². The molecule has 3 aromatic rings. The van der Waals surface area contributed by atoms with Gasteiger partial charge in [0.25, 0.3) is 0 Å². The molecule has 2 aromatic carbocycles. The number of thiophene rings is 1. The summed E-state index contributed by atoms with van der Waals surface area (Å²) >= 11 is 1.93. The molecule has 1 heterocycles. The predicted octanol–water partition coefficient (Wildman–Crippen LogP) is 7.33. The van der Waals surface area contributed by atoms with Gasteiger partial charge in [-0.05, 0) is 40.5 Å². The van der Waals surface area contributed by atoms with E-state index in [0.29, 0.717) is 0 Å². The van der Waals surface area contributed by atoms with E-state index in [0.717, 1.165) is 6.42 Å². The molecule has 0 aliphatic rings. The predicted molar refractivity (Wildman–Crippen MR) is 106 cm³/mol. The molecule has 0 saturated heterocycles. The number of hydrogen-bond donors (Lipinski definition) is 0. The maximum absolute atomic E-state index is 2.40. The van der Waals surface area contributed by atoms with Gasteiger partial charge in [-0.1, -0.05) is 72.2 Å². The average molecular weight is 325 g/mol. The Bertz CT molecular complexity index is 843. The molecule has 1 aromatic heterocycles. The van der Waals surface area contributed by atoms with E-state index in [1.54, 1.807) is 5.56 Å². The summed E-state index contributed by atoms with van der Waals surface area (Å²) in [7, 11) is 0. The largest absolute Gasteiger partial charge is 0.135 e. The van der Waals surface area contributed by atoms with Crippen molar-refractivity contribution >= 4 is 31.5 Å². The van der Waals surface area contributed by atoms with Gasteiger partial charge < -0.3 is 0 Å². The molecule has 0 atom stereocenters.